The summed E-state index contributed by atoms with van der Waals surface area (Å²) in [5.74, 6) is 0.696. The molecule has 8 atom stereocenters. The van der Waals surface area contributed by atoms with Crippen molar-refractivity contribution in [2.75, 3.05) is 7.11 Å². The van der Waals surface area contributed by atoms with Gasteiger partial charge in [-0.15, -0.1) is 0 Å². The van der Waals surface area contributed by atoms with Gasteiger partial charge in [-0.2, -0.15) is 5.26 Å². The van der Waals surface area contributed by atoms with Crippen LogP contribution < -0.4 is 0 Å². The van der Waals surface area contributed by atoms with Crippen molar-refractivity contribution in [1.29, 1.82) is 5.26 Å². The van der Waals surface area contributed by atoms with Crippen molar-refractivity contribution in [1.82, 2.24) is 0 Å². The van der Waals surface area contributed by atoms with Crippen molar-refractivity contribution in [3.8, 4) is 6.07 Å². The molecule has 5 rings (SSSR count). The van der Waals surface area contributed by atoms with Gasteiger partial charge in [0.05, 0.1) is 29.9 Å². The third-order valence-corrected chi connectivity index (χ3v) is 13.5. The summed E-state index contributed by atoms with van der Waals surface area (Å²) in [5, 5.41) is 35.7. The smallest absolute Gasteiger partial charge is 0.312 e. The summed E-state index contributed by atoms with van der Waals surface area (Å²) in [5.41, 5.74) is 0.0433. The number of hydrogen-bond donors (Lipinski definition) is 2. The minimum absolute atomic E-state index is 0.0114. The summed E-state index contributed by atoms with van der Waals surface area (Å²) in [6.07, 6.45) is 7.70. The number of fused-ring (bicyclic) bond motifs is 7. The zero-order chi connectivity index (χ0) is 28.1. The Hall–Kier alpha value is -2.03. The minimum atomic E-state index is -0.524. The van der Waals surface area contributed by atoms with Gasteiger partial charge in [-0.25, -0.2) is 0 Å². The number of carbonyl (C=O) groups is 1. The maximum Gasteiger partial charge on any atom is 0.312 e. The molecule has 6 heteroatoms. The average Bonchev–Trinajstić information content (AvgIpc) is 2.85. The number of aliphatic hydroxyl groups excluding tert-OH is 1. The highest BCUT2D eigenvalue weighted by Crippen LogP contribution is 2.76. The summed E-state index contributed by atoms with van der Waals surface area (Å²) in [6.45, 7) is 16.0. The Bertz CT molecular complexity index is 1150. The Morgan fingerprint density at radius 3 is 2.26 bits per heavy atom. The molecule has 4 saturated carbocycles. The minimum Gasteiger partial charge on any atom is -0.511 e. The summed E-state index contributed by atoms with van der Waals surface area (Å²) in [4.78, 5) is 13.5. The fourth-order valence-corrected chi connectivity index (χ4v) is 11.3. The third kappa shape index (κ3) is 3.23. The van der Waals surface area contributed by atoms with E-state index in [1.165, 1.54) is 7.11 Å². The second-order valence-electron chi connectivity index (χ2n) is 15.7. The normalized spacial score (nSPS) is 48.1. The van der Waals surface area contributed by atoms with Crippen LogP contribution in [0.25, 0.3) is 0 Å². The Kier molecular flexibility index (Phi) is 5.97. The highest BCUT2D eigenvalue weighted by atomic mass is 16.5. The Morgan fingerprint density at radius 1 is 1.00 bits per heavy atom. The summed E-state index contributed by atoms with van der Waals surface area (Å²) in [6, 6.07) is 2.34. The molecule has 0 spiro atoms. The maximum absolute atomic E-state index is 13.5. The SMILES string of the molecule is COC(=O)[C@]12CCC(C)(C)C[C@H]1[C@H]1/C(=N/O)C[C@@H]3[C@@]4(C)CC(C#N)=C(O)C(C)(C)C4CC[C@@]3(C)[C@]1(C)CC2. The predicted octanol–water partition coefficient (Wildman–Crippen LogP) is 7.43. The molecule has 0 aromatic carbocycles. The van der Waals surface area contributed by atoms with Crippen LogP contribution in [0.4, 0.5) is 0 Å². The fourth-order valence-electron chi connectivity index (χ4n) is 11.3. The van der Waals surface area contributed by atoms with Crippen molar-refractivity contribution in [2.24, 2.45) is 61.3 Å². The predicted molar refractivity (Wildman–Crippen MR) is 146 cm³/mol. The highest BCUT2D eigenvalue weighted by Gasteiger charge is 2.72. The van der Waals surface area contributed by atoms with Gasteiger partial charge in [-0.05, 0) is 97.2 Å². The first kappa shape index (κ1) is 27.5. The second-order valence-corrected chi connectivity index (χ2v) is 15.7. The van der Waals surface area contributed by atoms with E-state index in [1.807, 2.05) is 0 Å². The lowest BCUT2D eigenvalue weighted by molar-refractivity contribution is -0.215. The van der Waals surface area contributed by atoms with Gasteiger partial charge in [-0.1, -0.05) is 53.6 Å². The molecule has 5 aliphatic carbocycles. The van der Waals surface area contributed by atoms with Gasteiger partial charge < -0.3 is 15.1 Å². The van der Waals surface area contributed by atoms with Crippen molar-refractivity contribution < 1.29 is 19.8 Å². The molecule has 0 aromatic rings. The highest BCUT2D eigenvalue weighted by molar-refractivity contribution is 5.90. The van der Waals surface area contributed by atoms with Gasteiger partial charge in [0, 0.05) is 11.3 Å². The van der Waals surface area contributed by atoms with E-state index in [-0.39, 0.29) is 57.1 Å². The molecular weight excluding hydrogens is 476 g/mol. The van der Waals surface area contributed by atoms with E-state index >= 15 is 0 Å². The number of oxime groups is 1. The van der Waals surface area contributed by atoms with E-state index in [1.54, 1.807) is 0 Å². The first-order valence-electron chi connectivity index (χ1n) is 14.7. The lowest BCUT2D eigenvalue weighted by Crippen LogP contribution is -2.69. The van der Waals surface area contributed by atoms with E-state index in [9.17, 15) is 20.4 Å². The molecule has 0 bridgehead atoms. The average molecular weight is 525 g/mol. The molecule has 0 saturated heterocycles. The van der Waals surface area contributed by atoms with Crippen molar-refractivity contribution in [3.05, 3.63) is 11.3 Å². The number of rotatable bonds is 1. The van der Waals surface area contributed by atoms with Crippen molar-refractivity contribution in [2.45, 2.75) is 106 Å². The lowest BCUT2D eigenvalue weighted by Gasteiger charge is -2.72. The number of carbonyl (C=O) groups excluding carboxylic acids is 1. The molecule has 0 aromatic heterocycles. The zero-order valence-corrected chi connectivity index (χ0v) is 24.8. The lowest BCUT2D eigenvalue weighted by atomic mass is 9.31. The molecule has 4 fully saturated rings. The Balaban J connectivity index is 1.66. The quantitative estimate of drug-likeness (QED) is 0.211. The van der Waals surface area contributed by atoms with Crippen LogP contribution in [-0.4, -0.2) is 29.1 Å². The molecule has 0 aliphatic heterocycles. The number of hydrogen-bond acceptors (Lipinski definition) is 6. The standard InChI is InChI=1S/C32H48N2O4/c1-27(2)11-13-32(26(36)38-8)14-12-31(7)24(20(32)17-27)21(34-37)15-23-29(5)16-19(18-33)25(35)28(3,4)22(29)9-10-30(23,31)6/h20,22-24,35,37H,9-17H2,1-8H3/b34-21+/t20-,22?,23+,24-,29-,30+,31+,32-/m0/s1. The molecule has 6 nitrogen and oxygen atoms in total. The van der Waals surface area contributed by atoms with Crippen molar-refractivity contribution in [3.63, 3.8) is 0 Å². The molecule has 38 heavy (non-hydrogen) atoms. The molecule has 0 heterocycles. The number of nitrogens with zero attached hydrogens (tertiary/aromatic N) is 2. The van der Waals surface area contributed by atoms with E-state index in [4.69, 9.17) is 4.74 Å². The van der Waals surface area contributed by atoms with Crippen molar-refractivity contribution >= 4 is 11.7 Å². The zero-order valence-electron chi connectivity index (χ0n) is 24.8. The summed E-state index contributed by atoms with van der Waals surface area (Å²) < 4.78 is 5.47. The molecule has 0 radical (unpaired) electrons. The van der Waals surface area contributed by atoms with E-state index in [0.717, 1.165) is 50.7 Å². The monoisotopic (exact) mass is 524 g/mol. The molecule has 2 N–H and O–H groups in total. The van der Waals surface area contributed by atoms with Crippen LogP contribution in [-0.2, 0) is 9.53 Å². The largest absolute Gasteiger partial charge is 0.511 e. The van der Waals surface area contributed by atoms with Gasteiger partial charge >= 0.3 is 5.97 Å². The fraction of sp³-hybridized carbons (Fsp3) is 0.844. The number of esters is 1. The third-order valence-electron chi connectivity index (χ3n) is 13.5. The van der Waals surface area contributed by atoms with E-state index in [0.29, 0.717) is 18.4 Å². The topological polar surface area (TPSA) is 103 Å². The van der Waals surface area contributed by atoms with Crippen LogP contribution in [0.15, 0.2) is 16.5 Å². The summed E-state index contributed by atoms with van der Waals surface area (Å²) >= 11 is 0. The van der Waals surface area contributed by atoms with Crippen LogP contribution in [0.3, 0.4) is 0 Å². The van der Waals surface area contributed by atoms with Gasteiger partial charge in [0.1, 0.15) is 5.76 Å². The van der Waals surface area contributed by atoms with Crippen LogP contribution in [0.1, 0.15) is 106 Å². The Morgan fingerprint density at radius 2 is 1.66 bits per heavy atom. The molecule has 210 valence electrons. The van der Waals surface area contributed by atoms with Gasteiger partial charge in [-0.3, -0.25) is 4.79 Å². The number of nitriles is 1. The number of methoxy groups -OCH3 is 1. The van der Waals surface area contributed by atoms with E-state index < -0.39 is 10.8 Å². The number of allylic oxidation sites excluding steroid dienone is 2. The van der Waals surface area contributed by atoms with Gasteiger partial charge in [0.2, 0.25) is 0 Å². The maximum atomic E-state index is 13.5. The molecule has 0 amide bonds. The van der Waals surface area contributed by atoms with Crippen LogP contribution in [0.2, 0.25) is 0 Å². The number of aliphatic hydroxyl groups is 1. The van der Waals surface area contributed by atoms with Gasteiger partial charge in [0.15, 0.2) is 0 Å². The van der Waals surface area contributed by atoms with Gasteiger partial charge in [0.25, 0.3) is 0 Å². The molecular formula is C32H48N2O4. The van der Waals surface area contributed by atoms with E-state index in [2.05, 4.69) is 59.7 Å². The molecule has 5 aliphatic rings. The Labute approximate surface area is 228 Å². The molecule has 1 unspecified atom stereocenters. The number of ether oxygens (including phenoxy) is 1. The van der Waals surface area contributed by atoms with Crippen LogP contribution in [0, 0.1) is 67.5 Å². The second kappa shape index (κ2) is 8.24. The first-order chi connectivity index (χ1) is 17.6. The van der Waals surface area contributed by atoms with Crippen LogP contribution in [0.5, 0.6) is 0 Å². The van der Waals surface area contributed by atoms with Crippen LogP contribution >= 0.6 is 0 Å². The first-order valence-corrected chi connectivity index (χ1v) is 14.7. The summed E-state index contributed by atoms with van der Waals surface area (Å²) in [7, 11) is 1.52.